The molecule has 1 aliphatic heterocycles. The van der Waals surface area contributed by atoms with E-state index in [1.54, 1.807) is 11.8 Å². The summed E-state index contributed by atoms with van der Waals surface area (Å²) in [5, 5.41) is 4.52. The molecule has 2 heterocycles. The number of aryl methyl sites for hydroxylation is 2. The summed E-state index contributed by atoms with van der Waals surface area (Å²) in [6.07, 6.45) is 2.02. The van der Waals surface area contributed by atoms with Crippen molar-refractivity contribution < 1.29 is 4.79 Å². The third-order valence-corrected chi connectivity index (χ3v) is 5.52. The molecule has 1 aromatic carbocycles. The number of piperazine rings is 1. The Morgan fingerprint density at radius 1 is 1.12 bits per heavy atom. The molecule has 1 aromatic heterocycles. The van der Waals surface area contributed by atoms with E-state index in [9.17, 15) is 4.79 Å². The number of hydrogen-bond donors (Lipinski definition) is 0. The van der Waals surface area contributed by atoms with Crippen molar-refractivity contribution in [3.05, 3.63) is 47.3 Å². The van der Waals surface area contributed by atoms with E-state index in [-0.39, 0.29) is 5.91 Å². The lowest BCUT2D eigenvalue weighted by atomic mass is 10.2. The van der Waals surface area contributed by atoms with E-state index in [1.807, 2.05) is 42.3 Å². The minimum absolute atomic E-state index is 0.156. The van der Waals surface area contributed by atoms with Crippen molar-refractivity contribution >= 4 is 17.7 Å². The smallest absolute Gasteiger partial charge is 0.255 e. The Bertz CT molecular complexity index is 735. The monoisotopic (exact) mass is 358 g/mol. The molecule has 6 heteroatoms. The quantitative estimate of drug-likeness (QED) is 0.771. The van der Waals surface area contributed by atoms with Gasteiger partial charge in [0.05, 0.1) is 17.8 Å². The van der Waals surface area contributed by atoms with Crippen LogP contribution < -0.4 is 0 Å². The lowest BCUT2D eigenvalue weighted by Crippen LogP contribution is -2.49. The molecular formula is C19H26N4OS. The molecule has 0 N–H and O–H groups in total. The van der Waals surface area contributed by atoms with Crippen molar-refractivity contribution in [2.24, 2.45) is 0 Å². The first-order valence-corrected chi connectivity index (χ1v) is 9.96. The van der Waals surface area contributed by atoms with Gasteiger partial charge in [-0.25, -0.2) is 0 Å². The van der Waals surface area contributed by atoms with Crippen molar-refractivity contribution in [2.45, 2.75) is 25.3 Å². The zero-order valence-corrected chi connectivity index (χ0v) is 16.1. The minimum Gasteiger partial charge on any atom is -0.336 e. The number of aromatic nitrogens is 2. The zero-order valence-electron chi connectivity index (χ0n) is 15.2. The van der Waals surface area contributed by atoms with Gasteiger partial charge in [0.2, 0.25) is 0 Å². The normalized spacial score (nSPS) is 15.6. The summed E-state index contributed by atoms with van der Waals surface area (Å²) in [7, 11) is 0. The summed E-state index contributed by atoms with van der Waals surface area (Å²) in [5.41, 5.74) is 3.10. The van der Waals surface area contributed by atoms with Gasteiger partial charge in [0.1, 0.15) is 0 Å². The summed E-state index contributed by atoms with van der Waals surface area (Å²) in [4.78, 5) is 18.2. The van der Waals surface area contributed by atoms with E-state index in [1.165, 1.54) is 5.69 Å². The van der Waals surface area contributed by atoms with Crippen LogP contribution in [0.4, 0.5) is 0 Å². The molecule has 3 rings (SSSR count). The van der Waals surface area contributed by atoms with Gasteiger partial charge >= 0.3 is 0 Å². The highest BCUT2D eigenvalue weighted by Gasteiger charge is 2.23. The maximum absolute atomic E-state index is 12.8. The largest absolute Gasteiger partial charge is 0.336 e. The number of carbonyl (C=O) groups is 1. The van der Waals surface area contributed by atoms with Crippen LogP contribution >= 0.6 is 11.8 Å². The van der Waals surface area contributed by atoms with Crippen molar-refractivity contribution in [2.75, 3.05) is 39.0 Å². The Labute approximate surface area is 154 Å². The molecular weight excluding hydrogens is 332 g/mol. The molecule has 0 aliphatic carbocycles. The predicted octanol–water partition coefficient (Wildman–Crippen LogP) is 2.68. The molecule has 0 radical (unpaired) electrons. The first-order chi connectivity index (χ1) is 12.1. The summed E-state index contributed by atoms with van der Waals surface area (Å²) >= 11 is 1.63. The summed E-state index contributed by atoms with van der Waals surface area (Å²) < 4.78 is 2.07. The molecule has 25 heavy (non-hydrogen) atoms. The minimum atomic E-state index is 0.156. The molecule has 1 saturated heterocycles. The van der Waals surface area contributed by atoms with Crippen LogP contribution in [0.1, 0.15) is 21.7 Å². The van der Waals surface area contributed by atoms with Crippen LogP contribution in [0.25, 0.3) is 0 Å². The standard InChI is InChI=1S/C19H26N4OS/c1-15-14-16(2)23(20-15)13-10-21-8-11-22(12-9-21)19(24)17-6-4-5-7-18(17)25-3/h4-7,14H,8-13H2,1-3H3. The lowest BCUT2D eigenvalue weighted by Gasteiger charge is -2.35. The Morgan fingerprint density at radius 3 is 2.48 bits per heavy atom. The van der Waals surface area contributed by atoms with Gasteiger partial charge in [-0.3, -0.25) is 14.4 Å². The van der Waals surface area contributed by atoms with Gasteiger partial charge < -0.3 is 4.90 Å². The Kier molecular flexibility index (Phi) is 5.81. The highest BCUT2D eigenvalue weighted by molar-refractivity contribution is 7.98. The van der Waals surface area contributed by atoms with Crippen LogP contribution in [0.3, 0.4) is 0 Å². The molecule has 2 aromatic rings. The fourth-order valence-electron chi connectivity index (χ4n) is 3.30. The zero-order chi connectivity index (χ0) is 17.8. The van der Waals surface area contributed by atoms with Crippen LogP contribution in [-0.2, 0) is 6.54 Å². The highest BCUT2D eigenvalue weighted by atomic mass is 32.2. The molecule has 0 atom stereocenters. The van der Waals surface area contributed by atoms with E-state index in [0.29, 0.717) is 0 Å². The first-order valence-electron chi connectivity index (χ1n) is 8.74. The third kappa shape index (κ3) is 4.25. The Morgan fingerprint density at radius 2 is 1.84 bits per heavy atom. The molecule has 0 bridgehead atoms. The Hall–Kier alpha value is -1.79. The number of nitrogens with zero attached hydrogens (tertiary/aromatic N) is 4. The van der Waals surface area contributed by atoms with E-state index < -0.39 is 0 Å². The second kappa shape index (κ2) is 8.06. The van der Waals surface area contributed by atoms with Gasteiger partial charge in [0.25, 0.3) is 5.91 Å². The van der Waals surface area contributed by atoms with Crippen LogP contribution in [0, 0.1) is 13.8 Å². The van der Waals surface area contributed by atoms with Crippen molar-refractivity contribution in [1.82, 2.24) is 19.6 Å². The molecule has 1 aliphatic rings. The fraction of sp³-hybridized carbons (Fsp3) is 0.474. The molecule has 0 saturated carbocycles. The Balaban J connectivity index is 1.53. The van der Waals surface area contributed by atoms with E-state index in [0.717, 1.165) is 55.4 Å². The molecule has 1 amide bonds. The van der Waals surface area contributed by atoms with Crippen LogP contribution in [-0.4, -0.2) is 64.5 Å². The van der Waals surface area contributed by atoms with Gasteiger partial charge in [0, 0.05) is 43.3 Å². The molecule has 134 valence electrons. The van der Waals surface area contributed by atoms with Gasteiger partial charge in [-0.2, -0.15) is 5.10 Å². The van der Waals surface area contributed by atoms with Gasteiger partial charge in [-0.15, -0.1) is 11.8 Å². The van der Waals surface area contributed by atoms with Gasteiger partial charge in [0.15, 0.2) is 0 Å². The average molecular weight is 359 g/mol. The highest BCUT2D eigenvalue weighted by Crippen LogP contribution is 2.21. The SMILES string of the molecule is CSc1ccccc1C(=O)N1CCN(CCn2nc(C)cc2C)CC1. The molecule has 0 unspecified atom stereocenters. The van der Waals surface area contributed by atoms with Gasteiger partial charge in [-0.05, 0) is 38.3 Å². The summed E-state index contributed by atoms with van der Waals surface area (Å²) in [5.74, 6) is 0.156. The number of benzene rings is 1. The maximum atomic E-state index is 12.8. The topological polar surface area (TPSA) is 41.4 Å². The maximum Gasteiger partial charge on any atom is 0.255 e. The number of rotatable bonds is 5. The third-order valence-electron chi connectivity index (χ3n) is 4.73. The van der Waals surface area contributed by atoms with E-state index >= 15 is 0 Å². The van der Waals surface area contributed by atoms with E-state index in [2.05, 4.69) is 27.7 Å². The lowest BCUT2D eigenvalue weighted by molar-refractivity contribution is 0.0628. The number of thioether (sulfide) groups is 1. The predicted molar refractivity (Wildman–Crippen MR) is 102 cm³/mol. The van der Waals surface area contributed by atoms with Crippen LogP contribution in [0.5, 0.6) is 0 Å². The number of carbonyl (C=O) groups excluding carboxylic acids is 1. The first kappa shape index (κ1) is 18.0. The molecule has 0 spiro atoms. The van der Waals surface area contributed by atoms with Crippen molar-refractivity contribution in [1.29, 1.82) is 0 Å². The van der Waals surface area contributed by atoms with Crippen LogP contribution in [0.2, 0.25) is 0 Å². The summed E-state index contributed by atoms with van der Waals surface area (Å²) in [6.45, 7) is 9.44. The van der Waals surface area contributed by atoms with Crippen molar-refractivity contribution in [3.8, 4) is 0 Å². The van der Waals surface area contributed by atoms with E-state index in [4.69, 9.17) is 0 Å². The summed E-state index contributed by atoms with van der Waals surface area (Å²) in [6, 6.07) is 9.99. The number of amides is 1. The number of hydrogen-bond acceptors (Lipinski definition) is 4. The van der Waals surface area contributed by atoms with Crippen molar-refractivity contribution in [3.63, 3.8) is 0 Å². The fourth-order valence-corrected chi connectivity index (χ4v) is 3.89. The average Bonchev–Trinajstić information content (AvgIpc) is 2.97. The van der Waals surface area contributed by atoms with Crippen LogP contribution in [0.15, 0.2) is 35.2 Å². The molecule has 5 nitrogen and oxygen atoms in total. The second-order valence-corrected chi connectivity index (χ2v) is 7.33. The molecule has 1 fully saturated rings. The second-order valence-electron chi connectivity index (χ2n) is 6.48. The van der Waals surface area contributed by atoms with Gasteiger partial charge in [-0.1, -0.05) is 12.1 Å².